The fourth-order valence-corrected chi connectivity index (χ4v) is 3.03. The monoisotopic (exact) mass is 291 g/mol. The third-order valence-electron chi connectivity index (χ3n) is 4.42. The summed E-state index contributed by atoms with van der Waals surface area (Å²) in [5, 5.41) is 3.43. The summed E-state index contributed by atoms with van der Waals surface area (Å²) in [6.45, 7) is 12.1. The molecule has 21 heavy (non-hydrogen) atoms. The Kier molecular flexibility index (Phi) is 4.99. The summed E-state index contributed by atoms with van der Waals surface area (Å²) in [6, 6.07) is 5.16. The molecule has 1 aromatic heterocycles. The Morgan fingerprint density at radius 3 is 2.52 bits per heavy atom. The van der Waals surface area contributed by atoms with E-state index in [4.69, 9.17) is 4.42 Å². The van der Waals surface area contributed by atoms with Gasteiger partial charge in [-0.1, -0.05) is 13.8 Å². The van der Waals surface area contributed by atoms with Crippen LogP contribution in [0.2, 0.25) is 0 Å². The number of piperazine rings is 1. The zero-order valence-electron chi connectivity index (χ0n) is 13.5. The second kappa shape index (κ2) is 6.95. The van der Waals surface area contributed by atoms with Gasteiger partial charge in [0.25, 0.3) is 0 Å². The molecule has 1 saturated carbocycles. The molecule has 4 nitrogen and oxygen atoms in total. The van der Waals surface area contributed by atoms with Crippen LogP contribution in [0.4, 0.5) is 0 Å². The number of hydrogen-bond acceptors (Lipinski definition) is 4. The maximum Gasteiger partial charge on any atom is 0.118 e. The molecule has 1 aliphatic carbocycles. The van der Waals surface area contributed by atoms with Gasteiger partial charge in [0.1, 0.15) is 11.5 Å². The molecular weight excluding hydrogens is 262 g/mol. The van der Waals surface area contributed by atoms with E-state index in [2.05, 4.69) is 41.1 Å². The molecule has 2 fully saturated rings. The summed E-state index contributed by atoms with van der Waals surface area (Å²) in [5.41, 5.74) is 0. The van der Waals surface area contributed by atoms with Crippen molar-refractivity contribution >= 4 is 0 Å². The minimum absolute atomic E-state index is 0.683. The van der Waals surface area contributed by atoms with E-state index in [1.807, 2.05) is 0 Å². The van der Waals surface area contributed by atoms with Gasteiger partial charge in [-0.3, -0.25) is 9.80 Å². The van der Waals surface area contributed by atoms with Gasteiger partial charge >= 0.3 is 0 Å². The van der Waals surface area contributed by atoms with Crippen molar-refractivity contribution in [3.63, 3.8) is 0 Å². The second-order valence-corrected chi connectivity index (χ2v) is 6.94. The first-order chi connectivity index (χ1) is 10.2. The molecule has 0 amide bonds. The van der Waals surface area contributed by atoms with Crippen LogP contribution < -0.4 is 5.32 Å². The van der Waals surface area contributed by atoms with Crippen molar-refractivity contribution < 1.29 is 4.42 Å². The molecule has 1 N–H and O–H groups in total. The summed E-state index contributed by atoms with van der Waals surface area (Å²) >= 11 is 0. The Morgan fingerprint density at radius 1 is 1.14 bits per heavy atom. The highest BCUT2D eigenvalue weighted by Gasteiger charge is 2.31. The minimum atomic E-state index is 0.683. The van der Waals surface area contributed by atoms with Crippen LogP contribution in [0.3, 0.4) is 0 Å². The van der Waals surface area contributed by atoms with E-state index < -0.39 is 0 Å². The Labute approximate surface area is 128 Å². The van der Waals surface area contributed by atoms with Crippen LogP contribution in [0.1, 0.15) is 38.2 Å². The molecule has 4 heteroatoms. The molecule has 118 valence electrons. The molecule has 0 atom stereocenters. The average molecular weight is 291 g/mol. The molecule has 1 aromatic rings. The zero-order valence-corrected chi connectivity index (χ0v) is 13.5. The number of nitrogens with zero attached hydrogens (tertiary/aromatic N) is 2. The van der Waals surface area contributed by atoms with E-state index in [1.165, 1.54) is 39.0 Å². The van der Waals surface area contributed by atoms with Crippen LogP contribution in [-0.2, 0) is 13.1 Å². The van der Waals surface area contributed by atoms with Crippen LogP contribution in [0.15, 0.2) is 16.5 Å². The number of hydrogen-bond donors (Lipinski definition) is 1. The highest BCUT2D eigenvalue weighted by atomic mass is 16.3. The Morgan fingerprint density at radius 2 is 1.86 bits per heavy atom. The Hall–Kier alpha value is -0.840. The van der Waals surface area contributed by atoms with Gasteiger partial charge in [0.2, 0.25) is 0 Å². The van der Waals surface area contributed by atoms with E-state index in [-0.39, 0.29) is 0 Å². The smallest absolute Gasteiger partial charge is 0.118 e. The van der Waals surface area contributed by atoms with Gasteiger partial charge in [-0.05, 0) is 37.4 Å². The van der Waals surface area contributed by atoms with Crippen molar-refractivity contribution in [1.82, 2.24) is 15.1 Å². The number of furan rings is 1. The lowest BCUT2D eigenvalue weighted by Gasteiger charge is -2.34. The molecule has 2 heterocycles. The SMILES string of the molecule is CC(C)CNCc1ccc(CN2CCN(C3CC3)CC2)o1. The van der Waals surface area contributed by atoms with E-state index in [1.54, 1.807) is 0 Å². The fourth-order valence-electron chi connectivity index (χ4n) is 3.03. The summed E-state index contributed by atoms with van der Waals surface area (Å²) in [5.74, 6) is 2.85. The third-order valence-corrected chi connectivity index (χ3v) is 4.42. The summed E-state index contributed by atoms with van der Waals surface area (Å²) in [4.78, 5) is 5.17. The molecule has 0 bridgehead atoms. The largest absolute Gasteiger partial charge is 0.463 e. The zero-order chi connectivity index (χ0) is 14.7. The van der Waals surface area contributed by atoms with Gasteiger partial charge in [-0.25, -0.2) is 0 Å². The highest BCUT2D eigenvalue weighted by Crippen LogP contribution is 2.27. The molecule has 2 aliphatic rings. The highest BCUT2D eigenvalue weighted by molar-refractivity contribution is 5.07. The standard InChI is InChI=1S/C17H29N3O/c1-14(2)11-18-12-16-5-6-17(21-16)13-19-7-9-20(10-8-19)15-3-4-15/h5-6,14-15,18H,3-4,7-13H2,1-2H3. The summed E-state index contributed by atoms with van der Waals surface area (Å²) in [7, 11) is 0. The van der Waals surface area contributed by atoms with Crippen LogP contribution in [0.5, 0.6) is 0 Å². The lowest BCUT2D eigenvalue weighted by Crippen LogP contribution is -2.46. The summed E-state index contributed by atoms with van der Waals surface area (Å²) in [6.07, 6.45) is 2.84. The molecular formula is C17H29N3O. The quantitative estimate of drug-likeness (QED) is 0.835. The topological polar surface area (TPSA) is 31.6 Å². The molecule has 0 unspecified atom stereocenters. The molecule has 3 rings (SSSR count). The summed E-state index contributed by atoms with van der Waals surface area (Å²) < 4.78 is 5.94. The van der Waals surface area contributed by atoms with Gasteiger partial charge in [0, 0.05) is 32.2 Å². The first-order valence-corrected chi connectivity index (χ1v) is 8.45. The number of nitrogens with one attached hydrogen (secondary N) is 1. The van der Waals surface area contributed by atoms with Crippen molar-refractivity contribution in [2.45, 2.75) is 45.8 Å². The molecule has 1 saturated heterocycles. The predicted molar refractivity (Wildman–Crippen MR) is 85.1 cm³/mol. The molecule has 0 aromatic carbocycles. The van der Waals surface area contributed by atoms with Crippen molar-refractivity contribution in [1.29, 1.82) is 0 Å². The van der Waals surface area contributed by atoms with Gasteiger partial charge in [-0.2, -0.15) is 0 Å². The first kappa shape index (κ1) is 15.1. The average Bonchev–Trinajstić information content (AvgIpc) is 3.22. The molecule has 1 aliphatic heterocycles. The van der Waals surface area contributed by atoms with Gasteiger partial charge in [0.15, 0.2) is 0 Å². The van der Waals surface area contributed by atoms with Crippen LogP contribution in [0, 0.1) is 5.92 Å². The first-order valence-electron chi connectivity index (χ1n) is 8.45. The Bertz CT molecular complexity index is 431. The van der Waals surface area contributed by atoms with E-state index >= 15 is 0 Å². The van der Waals surface area contributed by atoms with E-state index in [0.29, 0.717) is 5.92 Å². The normalized spacial score (nSPS) is 21.3. The minimum Gasteiger partial charge on any atom is -0.463 e. The molecule has 0 radical (unpaired) electrons. The molecule has 0 spiro atoms. The van der Waals surface area contributed by atoms with Crippen LogP contribution in [0.25, 0.3) is 0 Å². The van der Waals surface area contributed by atoms with Crippen molar-refractivity contribution in [2.24, 2.45) is 5.92 Å². The van der Waals surface area contributed by atoms with Gasteiger partial charge < -0.3 is 9.73 Å². The lowest BCUT2D eigenvalue weighted by molar-refractivity contribution is 0.115. The van der Waals surface area contributed by atoms with Crippen LogP contribution >= 0.6 is 0 Å². The van der Waals surface area contributed by atoms with Crippen molar-refractivity contribution in [2.75, 3.05) is 32.7 Å². The van der Waals surface area contributed by atoms with Crippen molar-refractivity contribution in [3.8, 4) is 0 Å². The van der Waals surface area contributed by atoms with E-state index in [9.17, 15) is 0 Å². The lowest BCUT2D eigenvalue weighted by atomic mass is 10.2. The van der Waals surface area contributed by atoms with Crippen LogP contribution in [-0.4, -0.2) is 48.6 Å². The Balaban J connectivity index is 1.40. The maximum atomic E-state index is 5.94. The predicted octanol–water partition coefficient (Wildman–Crippen LogP) is 2.31. The third kappa shape index (κ3) is 4.56. The maximum absolute atomic E-state index is 5.94. The number of rotatable bonds is 7. The second-order valence-electron chi connectivity index (χ2n) is 6.94. The van der Waals surface area contributed by atoms with E-state index in [0.717, 1.165) is 37.2 Å². The fraction of sp³-hybridized carbons (Fsp3) is 0.765. The van der Waals surface area contributed by atoms with Gasteiger partial charge in [0.05, 0.1) is 13.1 Å². The van der Waals surface area contributed by atoms with Gasteiger partial charge in [-0.15, -0.1) is 0 Å². The van der Waals surface area contributed by atoms with Crippen molar-refractivity contribution in [3.05, 3.63) is 23.7 Å².